The van der Waals surface area contributed by atoms with E-state index in [1.165, 1.54) is 17.9 Å². The number of hydrogen-bond donors (Lipinski definition) is 1. The lowest BCUT2D eigenvalue weighted by Gasteiger charge is -2.14. The van der Waals surface area contributed by atoms with Gasteiger partial charge in [0.25, 0.3) is 5.56 Å². The first-order chi connectivity index (χ1) is 14.0. The Morgan fingerprint density at radius 1 is 1.24 bits per heavy atom. The number of methoxy groups -OCH3 is 2. The molecule has 0 aliphatic carbocycles. The van der Waals surface area contributed by atoms with Crippen LogP contribution in [0.2, 0.25) is 0 Å². The molecule has 1 heterocycles. The Balaban J connectivity index is 2.48. The van der Waals surface area contributed by atoms with Crippen LogP contribution in [0.25, 0.3) is 0 Å². The molecule has 0 bridgehead atoms. The van der Waals surface area contributed by atoms with E-state index in [-0.39, 0.29) is 11.4 Å². The highest BCUT2D eigenvalue weighted by Crippen LogP contribution is 2.32. The molecule has 0 radical (unpaired) electrons. The minimum absolute atomic E-state index is 0.0152. The van der Waals surface area contributed by atoms with Crippen LogP contribution >= 0.6 is 0 Å². The van der Waals surface area contributed by atoms with Gasteiger partial charge in [-0.15, -0.1) is 0 Å². The fourth-order valence-corrected chi connectivity index (χ4v) is 3.06. The standard InChI is InChI=1S/C22H27N3O4/c1-5-6-7-8-11-25-21(26)17(13-23)15(2)18(22(25)27)14-24-19-10-9-16(28-3)12-20(19)29-4/h9-10,12,14,27H,5-8,11H2,1-4H3. The van der Waals surface area contributed by atoms with Crippen LogP contribution in [0.15, 0.2) is 28.0 Å². The third-order valence-corrected chi connectivity index (χ3v) is 4.80. The number of aliphatic imine (C=N–C) groups is 1. The predicted octanol–water partition coefficient (Wildman–Crippen LogP) is 4.08. The van der Waals surface area contributed by atoms with Crippen LogP contribution in [0, 0.1) is 18.3 Å². The Morgan fingerprint density at radius 2 is 2.00 bits per heavy atom. The second kappa shape index (κ2) is 10.3. The van der Waals surface area contributed by atoms with Gasteiger partial charge < -0.3 is 14.6 Å². The van der Waals surface area contributed by atoms with Crippen LogP contribution < -0.4 is 15.0 Å². The van der Waals surface area contributed by atoms with Crippen molar-refractivity contribution >= 4 is 11.9 Å². The summed E-state index contributed by atoms with van der Waals surface area (Å²) in [5, 5.41) is 20.2. The van der Waals surface area contributed by atoms with E-state index in [0.29, 0.717) is 34.9 Å². The summed E-state index contributed by atoms with van der Waals surface area (Å²) in [6.45, 7) is 4.09. The zero-order valence-electron chi connectivity index (χ0n) is 17.4. The van der Waals surface area contributed by atoms with Crippen molar-refractivity contribution in [3.63, 3.8) is 0 Å². The summed E-state index contributed by atoms with van der Waals surface area (Å²) in [5.41, 5.74) is 0.816. The summed E-state index contributed by atoms with van der Waals surface area (Å²) in [7, 11) is 3.09. The second-order valence-electron chi connectivity index (χ2n) is 6.66. The van der Waals surface area contributed by atoms with Gasteiger partial charge in [-0.3, -0.25) is 14.4 Å². The van der Waals surface area contributed by atoms with Gasteiger partial charge in [-0.25, -0.2) is 0 Å². The Bertz CT molecular complexity index is 987. The number of aromatic hydroxyl groups is 1. The summed E-state index contributed by atoms with van der Waals surface area (Å²) < 4.78 is 11.8. The predicted molar refractivity (Wildman–Crippen MR) is 113 cm³/mol. The quantitative estimate of drug-likeness (QED) is 0.508. The second-order valence-corrected chi connectivity index (χ2v) is 6.66. The lowest BCUT2D eigenvalue weighted by molar-refractivity contribution is 0.395. The van der Waals surface area contributed by atoms with Crippen molar-refractivity contribution in [2.75, 3.05) is 14.2 Å². The molecule has 0 saturated carbocycles. The maximum Gasteiger partial charge on any atom is 0.271 e. The molecule has 2 rings (SSSR count). The topological polar surface area (TPSA) is 96.8 Å². The molecule has 0 saturated heterocycles. The zero-order valence-corrected chi connectivity index (χ0v) is 17.4. The van der Waals surface area contributed by atoms with Crippen molar-refractivity contribution in [1.29, 1.82) is 5.26 Å². The summed E-state index contributed by atoms with van der Waals surface area (Å²) in [4.78, 5) is 17.0. The summed E-state index contributed by atoms with van der Waals surface area (Å²) in [6.07, 6.45) is 5.28. The molecule has 1 N–H and O–H groups in total. The van der Waals surface area contributed by atoms with Gasteiger partial charge in [-0.2, -0.15) is 5.26 Å². The number of ether oxygens (including phenoxy) is 2. The number of benzene rings is 1. The molecule has 29 heavy (non-hydrogen) atoms. The van der Waals surface area contributed by atoms with Crippen molar-refractivity contribution < 1.29 is 14.6 Å². The highest BCUT2D eigenvalue weighted by molar-refractivity contribution is 5.88. The van der Waals surface area contributed by atoms with Gasteiger partial charge in [0.1, 0.15) is 28.8 Å². The number of aromatic nitrogens is 1. The molecule has 0 amide bonds. The fourth-order valence-electron chi connectivity index (χ4n) is 3.06. The zero-order chi connectivity index (χ0) is 21.4. The number of nitrogens with zero attached hydrogens (tertiary/aromatic N) is 3. The Kier molecular flexibility index (Phi) is 7.84. The van der Waals surface area contributed by atoms with Crippen molar-refractivity contribution in [1.82, 2.24) is 4.57 Å². The molecule has 0 spiro atoms. The Labute approximate surface area is 170 Å². The average molecular weight is 397 g/mol. The van der Waals surface area contributed by atoms with E-state index in [1.54, 1.807) is 32.2 Å². The Hall–Kier alpha value is -3.27. The van der Waals surface area contributed by atoms with Crippen molar-refractivity contribution in [2.45, 2.75) is 46.1 Å². The van der Waals surface area contributed by atoms with Gasteiger partial charge in [0.15, 0.2) is 0 Å². The van der Waals surface area contributed by atoms with E-state index in [4.69, 9.17) is 9.47 Å². The average Bonchev–Trinajstić information content (AvgIpc) is 2.73. The van der Waals surface area contributed by atoms with Crippen LogP contribution in [0.5, 0.6) is 17.4 Å². The van der Waals surface area contributed by atoms with E-state index in [9.17, 15) is 15.2 Å². The first kappa shape index (κ1) is 22.0. The highest BCUT2D eigenvalue weighted by atomic mass is 16.5. The maximum atomic E-state index is 12.6. The lowest BCUT2D eigenvalue weighted by Crippen LogP contribution is -2.25. The number of hydrogen-bond acceptors (Lipinski definition) is 6. The molecule has 7 nitrogen and oxygen atoms in total. The number of nitriles is 1. The van der Waals surface area contributed by atoms with Gasteiger partial charge in [-0.1, -0.05) is 26.2 Å². The van der Waals surface area contributed by atoms with E-state index in [2.05, 4.69) is 11.9 Å². The van der Waals surface area contributed by atoms with Gasteiger partial charge in [0, 0.05) is 18.8 Å². The third kappa shape index (κ3) is 4.96. The van der Waals surface area contributed by atoms with E-state index in [1.807, 2.05) is 6.07 Å². The molecule has 2 aromatic rings. The highest BCUT2D eigenvalue weighted by Gasteiger charge is 2.18. The molecule has 1 aromatic carbocycles. The van der Waals surface area contributed by atoms with Crippen molar-refractivity contribution in [3.05, 3.63) is 45.2 Å². The molecule has 0 aliphatic rings. The SMILES string of the molecule is CCCCCCn1c(O)c(C=Nc2ccc(OC)cc2OC)c(C)c(C#N)c1=O. The summed E-state index contributed by atoms with van der Waals surface area (Å²) in [6, 6.07) is 7.14. The normalized spacial score (nSPS) is 10.9. The minimum atomic E-state index is -0.474. The van der Waals surface area contributed by atoms with Crippen LogP contribution in [-0.4, -0.2) is 30.1 Å². The first-order valence-electron chi connectivity index (χ1n) is 9.61. The molecule has 7 heteroatoms. The molecule has 0 fully saturated rings. The largest absolute Gasteiger partial charge is 0.497 e. The molecule has 154 valence electrons. The summed E-state index contributed by atoms with van der Waals surface area (Å²) in [5.74, 6) is 0.956. The smallest absolute Gasteiger partial charge is 0.271 e. The van der Waals surface area contributed by atoms with E-state index in [0.717, 1.165) is 25.7 Å². The summed E-state index contributed by atoms with van der Waals surface area (Å²) >= 11 is 0. The van der Waals surface area contributed by atoms with Crippen molar-refractivity contribution in [2.24, 2.45) is 4.99 Å². The Morgan fingerprint density at radius 3 is 2.62 bits per heavy atom. The van der Waals surface area contributed by atoms with Gasteiger partial charge in [0.2, 0.25) is 5.88 Å². The van der Waals surface area contributed by atoms with Crippen LogP contribution in [0.3, 0.4) is 0 Å². The monoisotopic (exact) mass is 397 g/mol. The van der Waals surface area contributed by atoms with Crippen molar-refractivity contribution in [3.8, 4) is 23.4 Å². The first-order valence-corrected chi connectivity index (χ1v) is 9.61. The molecule has 0 atom stereocenters. The number of pyridine rings is 1. The number of unbranched alkanes of at least 4 members (excludes halogenated alkanes) is 3. The van der Waals surface area contributed by atoms with Gasteiger partial charge >= 0.3 is 0 Å². The van der Waals surface area contributed by atoms with Crippen LogP contribution in [0.4, 0.5) is 5.69 Å². The third-order valence-electron chi connectivity index (χ3n) is 4.80. The van der Waals surface area contributed by atoms with Gasteiger partial charge in [-0.05, 0) is 31.0 Å². The number of rotatable bonds is 9. The molecular formula is C22H27N3O4. The van der Waals surface area contributed by atoms with Crippen LogP contribution in [0.1, 0.15) is 49.3 Å². The maximum absolute atomic E-state index is 12.6. The molecule has 0 aliphatic heterocycles. The van der Waals surface area contributed by atoms with E-state index < -0.39 is 5.56 Å². The molecule has 1 aromatic heterocycles. The molecule has 0 unspecified atom stereocenters. The fraction of sp³-hybridized carbons (Fsp3) is 0.409. The molecular weight excluding hydrogens is 370 g/mol. The minimum Gasteiger partial charge on any atom is -0.497 e. The van der Waals surface area contributed by atoms with E-state index >= 15 is 0 Å². The van der Waals surface area contributed by atoms with Crippen LogP contribution in [-0.2, 0) is 6.54 Å². The van der Waals surface area contributed by atoms with Gasteiger partial charge in [0.05, 0.1) is 19.8 Å². The lowest BCUT2D eigenvalue weighted by atomic mass is 10.1.